The highest BCUT2D eigenvalue weighted by atomic mass is 16.1. The minimum atomic E-state index is -0.125. The lowest BCUT2D eigenvalue weighted by molar-refractivity contribution is -0.121. The summed E-state index contributed by atoms with van der Waals surface area (Å²) in [4.78, 5) is 24.9. The Bertz CT molecular complexity index is 873. The summed E-state index contributed by atoms with van der Waals surface area (Å²) in [5.74, 6) is 1.69. The standard InChI is InChI=1S/C21H27N3O2/c1-24-21(26)18-9-5-4-8-17(18)19(23-24)13-20(25)22-16-11-10-14-6-2-3-7-15(14)12-16/h4-5,8-9,14-16H,2-3,6-7,10-13H2,1H3,(H,22,25)/t14-,15+,16-/m1/s1. The molecule has 2 aromatic rings. The number of nitrogens with one attached hydrogen (secondary N) is 1. The van der Waals surface area contributed by atoms with Crippen molar-refractivity contribution in [1.29, 1.82) is 0 Å². The summed E-state index contributed by atoms with van der Waals surface area (Å²) in [6.07, 6.45) is 9.10. The molecule has 0 radical (unpaired) electrons. The number of hydrogen-bond donors (Lipinski definition) is 1. The number of benzene rings is 1. The molecule has 138 valence electrons. The Morgan fingerprint density at radius 3 is 2.65 bits per heavy atom. The van der Waals surface area contributed by atoms with Gasteiger partial charge in [0, 0.05) is 18.5 Å². The third kappa shape index (κ3) is 3.39. The van der Waals surface area contributed by atoms with Gasteiger partial charge in [0.15, 0.2) is 0 Å². The second kappa shape index (κ2) is 7.22. The number of rotatable bonds is 3. The average molecular weight is 353 g/mol. The molecule has 0 aliphatic heterocycles. The zero-order valence-electron chi connectivity index (χ0n) is 15.4. The van der Waals surface area contributed by atoms with Crippen LogP contribution in [0.5, 0.6) is 0 Å². The number of carbonyl (C=O) groups excluding carboxylic acids is 1. The summed E-state index contributed by atoms with van der Waals surface area (Å²) in [5, 5.41) is 8.98. The first kappa shape index (κ1) is 17.3. The van der Waals surface area contributed by atoms with Crippen molar-refractivity contribution < 1.29 is 4.79 Å². The lowest BCUT2D eigenvalue weighted by Crippen LogP contribution is -2.42. The number of carbonyl (C=O) groups is 1. The van der Waals surface area contributed by atoms with Gasteiger partial charge in [0.1, 0.15) is 0 Å². The van der Waals surface area contributed by atoms with E-state index in [9.17, 15) is 9.59 Å². The maximum Gasteiger partial charge on any atom is 0.274 e. The minimum Gasteiger partial charge on any atom is -0.353 e. The van der Waals surface area contributed by atoms with Gasteiger partial charge in [-0.05, 0) is 37.2 Å². The van der Waals surface area contributed by atoms with Gasteiger partial charge in [0.05, 0.1) is 17.5 Å². The monoisotopic (exact) mass is 353 g/mol. The molecule has 5 nitrogen and oxygen atoms in total. The Balaban J connectivity index is 1.46. The number of fused-ring (bicyclic) bond motifs is 2. The number of aromatic nitrogens is 2. The molecule has 26 heavy (non-hydrogen) atoms. The van der Waals surface area contributed by atoms with Gasteiger partial charge in [-0.25, -0.2) is 4.68 Å². The molecule has 1 amide bonds. The van der Waals surface area contributed by atoms with Crippen molar-refractivity contribution in [3.8, 4) is 0 Å². The van der Waals surface area contributed by atoms with Crippen molar-refractivity contribution >= 4 is 16.7 Å². The molecule has 1 N–H and O–H groups in total. The Labute approximate surface area is 153 Å². The molecule has 0 bridgehead atoms. The highest BCUT2D eigenvalue weighted by Gasteiger charge is 2.32. The van der Waals surface area contributed by atoms with Crippen LogP contribution in [0.1, 0.15) is 50.6 Å². The zero-order chi connectivity index (χ0) is 18.1. The molecule has 2 saturated carbocycles. The third-order valence-electron chi connectivity index (χ3n) is 6.27. The zero-order valence-corrected chi connectivity index (χ0v) is 15.4. The molecule has 0 saturated heterocycles. The molecular weight excluding hydrogens is 326 g/mol. The van der Waals surface area contributed by atoms with Crippen molar-refractivity contribution in [2.45, 2.75) is 57.4 Å². The average Bonchev–Trinajstić information content (AvgIpc) is 2.66. The highest BCUT2D eigenvalue weighted by molar-refractivity contribution is 5.88. The second-order valence-electron chi connectivity index (χ2n) is 7.98. The van der Waals surface area contributed by atoms with E-state index in [0.29, 0.717) is 17.1 Å². The van der Waals surface area contributed by atoms with Crippen LogP contribution in [0.4, 0.5) is 0 Å². The Morgan fingerprint density at radius 2 is 1.85 bits per heavy atom. The Hall–Kier alpha value is -2.17. The van der Waals surface area contributed by atoms with Crippen LogP contribution in [-0.4, -0.2) is 21.7 Å². The summed E-state index contributed by atoms with van der Waals surface area (Å²) < 4.78 is 1.33. The number of amides is 1. The Kier molecular flexibility index (Phi) is 4.79. The van der Waals surface area contributed by atoms with Crippen molar-refractivity contribution in [1.82, 2.24) is 15.1 Å². The first-order chi connectivity index (χ1) is 12.6. The molecule has 5 heteroatoms. The fraction of sp³-hybridized carbons (Fsp3) is 0.571. The van der Waals surface area contributed by atoms with E-state index >= 15 is 0 Å². The lowest BCUT2D eigenvalue weighted by Gasteiger charge is -2.39. The summed E-state index contributed by atoms with van der Waals surface area (Å²) in [5.41, 5.74) is 0.548. The topological polar surface area (TPSA) is 64.0 Å². The maximum absolute atomic E-state index is 12.6. The Morgan fingerprint density at radius 1 is 1.12 bits per heavy atom. The van der Waals surface area contributed by atoms with E-state index in [1.165, 1.54) is 36.8 Å². The van der Waals surface area contributed by atoms with Crippen molar-refractivity contribution in [3.05, 3.63) is 40.3 Å². The molecule has 0 unspecified atom stereocenters. The van der Waals surface area contributed by atoms with Crippen LogP contribution >= 0.6 is 0 Å². The van der Waals surface area contributed by atoms with Gasteiger partial charge in [0.25, 0.3) is 5.56 Å². The SMILES string of the molecule is Cn1nc(CC(=O)N[C@@H]2CC[C@H]3CCCC[C@H]3C2)c2ccccc2c1=O. The van der Waals surface area contributed by atoms with Gasteiger partial charge in [-0.1, -0.05) is 43.9 Å². The fourth-order valence-corrected chi connectivity index (χ4v) is 4.94. The van der Waals surface area contributed by atoms with Gasteiger partial charge in [0.2, 0.25) is 5.91 Å². The van der Waals surface area contributed by atoms with Crippen LogP contribution in [0.2, 0.25) is 0 Å². The summed E-state index contributed by atoms with van der Waals surface area (Å²) in [7, 11) is 1.64. The molecule has 3 atom stereocenters. The number of nitrogens with zero attached hydrogens (tertiary/aromatic N) is 2. The molecular formula is C21H27N3O2. The van der Waals surface area contributed by atoms with Gasteiger partial charge in [-0.2, -0.15) is 5.10 Å². The maximum atomic E-state index is 12.6. The van der Waals surface area contributed by atoms with E-state index in [4.69, 9.17) is 0 Å². The molecule has 2 fully saturated rings. The molecule has 4 rings (SSSR count). The molecule has 1 aromatic carbocycles. The van der Waals surface area contributed by atoms with Gasteiger partial charge >= 0.3 is 0 Å². The van der Waals surface area contributed by atoms with E-state index in [0.717, 1.165) is 30.1 Å². The molecule has 2 aliphatic carbocycles. The highest BCUT2D eigenvalue weighted by Crippen LogP contribution is 2.40. The largest absolute Gasteiger partial charge is 0.353 e. The van der Waals surface area contributed by atoms with E-state index in [1.54, 1.807) is 13.1 Å². The minimum absolute atomic E-state index is 0.0144. The molecule has 2 aliphatic rings. The number of hydrogen-bond acceptors (Lipinski definition) is 3. The smallest absolute Gasteiger partial charge is 0.274 e. The van der Waals surface area contributed by atoms with E-state index in [-0.39, 0.29) is 17.9 Å². The van der Waals surface area contributed by atoms with E-state index in [2.05, 4.69) is 10.4 Å². The molecule has 1 aromatic heterocycles. The third-order valence-corrected chi connectivity index (χ3v) is 6.27. The summed E-state index contributed by atoms with van der Waals surface area (Å²) in [6, 6.07) is 7.69. The quantitative estimate of drug-likeness (QED) is 0.923. The van der Waals surface area contributed by atoms with Crippen molar-refractivity contribution in [2.75, 3.05) is 0 Å². The number of aryl methyl sites for hydroxylation is 1. The fourth-order valence-electron chi connectivity index (χ4n) is 4.94. The van der Waals surface area contributed by atoms with Crippen LogP contribution in [-0.2, 0) is 18.3 Å². The van der Waals surface area contributed by atoms with Crippen LogP contribution in [0.25, 0.3) is 10.8 Å². The second-order valence-corrected chi connectivity index (χ2v) is 7.98. The molecule has 1 heterocycles. The normalized spacial score (nSPS) is 25.7. The first-order valence-corrected chi connectivity index (χ1v) is 9.86. The lowest BCUT2D eigenvalue weighted by atomic mass is 9.69. The predicted molar refractivity (Wildman–Crippen MR) is 102 cm³/mol. The van der Waals surface area contributed by atoms with Crippen LogP contribution < -0.4 is 10.9 Å². The van der Waals surface area contributed by atoms with Crippen LogP contribution in [0, 0.1) is 11.8 Å². The van der Waals surface area contributed by atoms with Crippen LogP contribution in [0.3, 0.4) is 0 Å². The van der Waals surface area contributed by atoms with Crippen molar-refractivity contribution in [3.63, 3.8) is 0 Å². The summed E-state index contributed by atoms with van der Waals surface area (Å²) >= 11 is 0. The van der Waals surface area contributed by atoms with Gasteiger partial charge < -0.3 is 5.32 Å². The van der Waals surface area contributed by atoms with Gasteiger partial charge in [-0.3, -0.25) is 9.59 Å². The van der Waals surface area contributed by atoms with Crippen LogP contribution in [0.15, 0.2) is 29.1 Å². The van der Waals surface area contributed by atoms with E-state index < -0.39 is 0 Å². The van der Waals surface area contributed by atoms with Crippen molar-refractivity contribution in [2.24, 2.45) is 18.9 Å². The summed E-state index contributed by atoms with van der Waals surface area (Å²) in [6.45, 7) is 0. The first-order valence-electron chi connectivity index (χ1n) is 9.86. The van der Waals surface area contributed by atoms with E-state index in [1.807, 2.05) is 18.2 Å². The predicted octanol–water partition coefficient (Wildman–Crippen LogP) is 2.95. The van der Waals surface area contributed by atoms with Gasteiger partial charge in [-0.15, -0.1) is 0 Å². The molecule has 0 spiro atoms.